The van der Waals surface area contributed by atoms with E-state index in [9.17, 15) is 9.59 Å². The zero-order valence-electron chi connectivity index (χ0n) is 9.90. The van der Waals surface area contributed by atoms with E-state index in [0.29, 0.717) is 18.7 Å². The molecule has 0 saturated carbocycles. The fourth-order valence-corrected chi connectivity index (χ4v) is 1.30. The first-order valence-corrected chi connectivity index (χ1v) is 5.42. The van der Waals surface area contributed by atoms with Crippen LogP contribution >= 0.6 is 0 Å². The minimum absolute atomic E-state index is 0.110. The van der Waals surface area contributed by atoms with E-state index in [1.807, 2.05) is 6.92 Å². The molecule has 0 saturated heterocycles. The van der Waals surface area contributed by atoms with E-state index in [1.165, 1.54) is 0 Å². The van der Waals surface area contributed by atoms with Crippen molar-refractivity contribution in [1.29, 1.82) is 0 Å². The Morgan fingerprint density at radius 2 is 2.29 bits per heavy atom. The third-order valence-corrected chi connectivity index (χ3v) is 2.31. The first kappa shape index (κ1) is 13.2. The summed E-state index contributed by atoms with van der Waals surface area (Å²) in [7, 11) is 0. The summed E-state index contributed by atoms with van der Waals surface area (Å²) >= 11 is 0. The minimum atomic E-state index is -0.825. The molecule has 1 unspecified atom stereocenters. The quantitative estimate of drug-likeness (QED) is 0.779. The Balaban J connectivity index is 2.30. The van der Waals surface area contributed by atoms with Crippen LogP contribution in [-0.4, -0.2) is 28.7 Å². The number of carboxylic acid groups (broad SMARTS) is 1. The van der Waals surface area contributed by atoms with Crippen LogP contribution in [0.5, 0.6) is 0 Å². The van der Waals surface area contributed by atoms with Crippen molar-refractivity contribution in [1.82, 2.24) is 10.5 Å². The summed E-state index contributed by atoms with van der Waals surface area (Å²) in [6.07, 6.45) is 0.642. The molecular formula is C11H16N2O4. The maximum Gasteiger partial charge on any atom is 0.303 e. The van der Waals surface area contributed by atoms with Crippen molar-refractivity contribution in [2.45, 2.75) is 26.7 Å². The number of rotatable bonds is 6. The Labute approximate surface area is 99.0 Å². The molecule has 1 heterocycles. The van der Waals surface area contributed by atoms with Gasteiger partial charge < -0.3 is 14.9 Å². The molecule has 6 nitrogen and oxygen atoms in total. The lowest BCUT2D eigenvalue weighted by atomic mass is 10.1. The van der Waals surface area contributed by atoms with E-state index >= 15 is 0 Å². The Bertz CT molecular complexity index is 400. The Kier molecular flexibility index (Phi) is 4.68. The lowest BCUT2D eigenvalue weighted by Gasteiger charge is -2.09. The molecule has 0 radical (unpaired) electrons. The summed E-state index contributed by atoms with van der Waals surface area (Å²) in [5, 5.41) is 14.8. The SMILES string of the molecule is Cc1cc(C(=O)NCC(C)CCC(=O)O)on1. The number of hydrogen-bond donors (Lipinski definition) is 2. The number of carbonyl (C=O) groups excluding carboxylic acids is 1. The van der Waals surface area contributed by atoms with Gasteiger partial charge in [0.15, 0.2) is 0 Å². The lowest BCUT2D eigenvalue weighted by Crippen LogP contribution is -2.28. The van der Waals surface area contributed by atoms with Crippen molar-refractivity contribution in [3.63, 3.8) is 0 Å². The number of aryl methyl sites for hydroxylation is 1. The third kappa shape index (κ3) is 4.67. The van der Waals surface area contributed by atoms with Crippen LogP contribution in [0.1, 0.15) is 36.0 Å². The monoisotopic (exact) mass is 240 g/mol. The van der Waals surface area contributed by atoms with Crippen LogP contribution in [0.15, 0.2) is 10.6 Å². The van der Waals surface area contributed by atoms with Gasteiger partial charge in [0.25, 0.3) is 5.91 Å². The Hall–Kier alpha value is -1.85. The first-order chi connectivity index (χ1) is 7.99. The number of amides is 1. The van der Waals surface area contributed by atoms with Crippen molar-refractivity contribution in [2.24, 2.45) is 5.92 Å². The average Bonchev–Trinajstić information content (AvgIpc) is 2.70. The van der Waals surface area contributed by atoms with Gasteiger partial charge in [0.1, 0.15) is 0 Å². The van der Waals surface area contributed by atoms with Gasteiger partial charge in [0, 0.05) is 19.0 Å². The van der Waals surface area contributed by atoms with Gasteiger partial charge in [-0.15, -0.1) is 0 Å². The van der Waals surface area contributed by atoms with Crippen molar-refractivity contribution in [2.75, 3.05) is 6.54 Å². The van der Waals surface area contributed by atoms with Crippen LogP contribution < -0.4 is 5.32 Å². The van der Waals surface area contributed by atoms with Crippen LogP contribution in [-0.2, 0) is 4.79 Å². The molecule has 0 fully saturated rings. The predicted molar refractivity (Wildman–Crippen MR) is 59.6 cm³/mol. The second-order valence-corrected chi connectivity index (χ2v) is 4.08. The number of carboxylic acids is 1. The molecule has 0 aromatic carbocycles. The molecule has 0 aliphatic heterocycles. The van der Waals surface area contributed by atoms with E-state index < -0.39 is 5.97 Å². The van der Waals surface area contributed by atoms with Gasteiger partial charge in [-0.3, -0.25) is 9.59 Å². The van der Waals surface area contributed by atoms with Gasteiger partial charge in [0.05, 0.1) is 5.69 Å². The van der Waals surface area contributed by atoms with Gasteiger partial charge in [-0.1, -0.05) is 12.1 Å². The summed E-state index contributed by atoms with van der Waals surface area (Å²) in [4.78, 5) is 21.9. The van der Waals surface area contributed by atoms with Crippen molar-refractivity contribution in [3.05, 3.63) is 17.5 Å². The number of aromatic nitrogens is 1. The predicted octanol–water partition coefficient (Wildman–Crippen LogP) is 1.21. The number of nitrogens with zero attached hydrogens (tertiary/aromatic N) is 1. The topological polar surface area (TPSA) is 92.4 Å². The van der Waals surface area contributed by atoms with Crippen molar-refractivity contribution in [3.8, 4) is 0 Å². The fourth-order valence-electron chi connectivity index (χ4n) is 1.30. The van der Waals surface area contributed by atoms with Gasteiger partial charge >= 0.3 is 5.97 Å². The lowest BCUT2D eigenvalue weighted by molar-refractivity contribution is -0.137. The van der Waals surface area contributed by atoms with E-state index in [0.717, 1.165) is 0 Å². The van der Waals surface area contributed by atoms with E-state index in [-0.39, 0.29) is 24.0 Å². The molecule has 1 amide bonds. The Morgan fingerprint density at radius 1 is 1.59 bits per heavy atom. The first-order valence-electron chi connectivity index (χ1n) is 5.42. The average molecular weight is 240 g/mol. The molecule has 6 heteroatoms. The molecule has 0 spiro atoms. The van der Waals surface area contributed by atoms with Gasteiger partial charge in [-0.05, 0) is 19.3 Å². The number of hydrogen-bond acceptors (Lipinski definition) is 4. The van der Waals surface area contributed by atoms with Crippen LogP contribution in [0.2, 0.25) is 0 Å². The summed E-state index contributed by atoms with van der Waals surface area (Å²) in [5.41, 5.74) is 0.647. The molecule has 2 N–H and O–H groups in total. The highest BCUT2D eigenvalue weighted by Gasteiger charge is 2.12. The van der Waals surface area contributed by atoms with E-state index in [1.54, 1.807) is 13.0 Å². The zero-order valence-corrected chi connectivity index (χ0v) is 9.90. The van der Waals surface area contributed by atoms with Gasteiger partial charge in [-0.2, -0.15) is 0 Å². The van der Waals surface area contributed by atoms with Gasteiger partial charge in [0.2, 0.25) is 5.76 Å². The standard InChI is InChI=1S/C11H16N2O4/c1-7(3-4-10(14)15)6-12-11(16)9-5-8(2)13-17-9/h5,7H,3-4,6H2,1-2H3,(H,12,16)(H,14,15). The maximum atomic E-state index is 11.5. The van der Waals surface area contributed by atoms with Crippen molar-refractivity contribution < 1.29 is 19.2 Å². The molecule has 17 heavy (non-hydrogen) atoms. The third-order valence-electron chi connectivity index (χ3n) is 2.31. The van der Waals surface area contributed by atoms with Crippen molar-refractivity contribution >= 4 is 11.9 Å². The highest BCUT2D eigenvalue weighted by atomic mass is 16.5. The van der Waals surface area contributed by atoms with Gasteiger partial charge in [-0.25, -0.2) is 0 Å². The highest BCUT2D eigenvalue weighted by molar-refractivity contribution is 5.91. The van der Waals surface area contributed by atoms with Crippen LogP contribution in [0.4, 0.5) is 0 Å². The molecule has 1 rings (SSSR count). The van der Waals surface area contributed by atoms with Crippen LogP contribution in [0, 0.1) is 12.8 Å². The minimum Gasteiger partial charge on any atom is -0.481 e. The van der Waals surface area contributed by atoms with E-state index in [4.69, 9.17) is 9.63 Å². The molecule has 1 aromatic rings. The van der Waals surface area contributed by atoms with Crippen LogP contribution in [0.3, 0.4) is 0 Å². The molecular weight excluding hydrogens is 224 g/mol. The molecule has 0 aliphatic carbocycles. The highest BCUT2D eigenvalue weighted by Crippen LogP contribution is 2.05. The number of carbonyl (C=O) groups is 2. The second-order valence-electron chi connectivity index (χ2n) is 4.08. The largest absolute Gasteiger partial charge is 0.481 e. The molecule has 1 aromatic heterocycles. The molecule has 0 bridgehead atoms. The zero-order chi connectivity index (χ0) is 12.8. The summed E-state index contributed by atoms with van der Waals surface area (Å²) in [6.45, 7) is 4.04. The normalized spacial score (nSPS) is 12.1. The molecule has 94 valence electrons. The second kappa shape index (κ2) is 6.03. The molecule has 1 atom stereocenters. The Morgan fingerprint density at radius 3 is 2.82 bits per heavy atom. The summed E-state index contributed by atoms with van der Waals surface area (Å²) in [5.74, 6) is -0.867. The number of aliphatic carboxylic acids is 1. The fraction of sp³-hybridized carbons (Fsp3) is 0.545. The molecule has 0 aliphatic rings. The summed E-state index contributed by atoms with van der Waals surface area (Å²) in [6, 6.07) is 1.55. The number of nitrogens with one attached hydrogen (secondary N) is 1. The van der Waals surface area contributed by atoms with E-state index in [2.05, 4.69) is 10.5 Å². The smallest absolute Gasteiger partial charge is 0.303 e. The maximum absolute atomic E-state index is 11.5. The van der Waals surface area contributed by atoms with Crippen LogP contribution in [0.25, 0.3) is 0 Å². The summed E-state index contributed by atoms with van der Waals surface area (Å²) < 4.78 is 4.80.